The Bertz CT molecular complexity index is 536. The quantitative estimate of drug-likeness (QED) is 0.733. The first-order chi connectivity index (χ1) is 9.15. The molecule has 1 aliphatic rings. The molecule has 100 valence electrons. The van der Waals surface area contributed by atoms with Crippen LogP contribution in [0.3, 0.4) is 0 Å². The number of carbonyl (C=O) groups excluding carboxylic acids is 1. The number of aldehydes is 1. The molecule has 4 N–H and O–H groups in total. The molecule has 1 unspecified atom stereocenters. The van der Waals surface area contributed by atoms with Gasteiger partial charge in [0.2, 0.25) is 0 Å². The molecule has 5 nitrogen and oxygen atoms in total. The van der Waals surface area contributed by atoms with E-state index in [1.807, 2.05) is 31.2 Å². The Morgan fingerprint density at radius 2 is 2.05 bits per heavy atom. The molecule has 0 spiro atoms. The maximum atomic E-state index is 11.1. The molecule has 1 heterocycles. The number of nitrogens with one attached hydrogen (secondary N) is 2. The highest BCUT2D eigenvalue weighted by Crippen LogP contribution is 2.15. The summed E-state index contributed by atoms with van der Waals surface area (Å²) in [6.07, 6.45) is 1.45. The molecule has 1 atom stereocenters. The third kappa shape index (κ3) is 3.02. The third-order valence-electron chi connectivity index (χ3n) is 2.86. The molecule has 0 amide bonds. The van der Waals surface area contributed by atoms with E-state index in [0.29, 0.717) is 17.2 Å². The van der Waals surface area contributed by atoms with Gasteiger partial charge in [-0.2, -0.15) is 0 Å². The summed E-state index contributed by atoms with van der Waals surface area (Å²) in [5.41, 5.74) is 13.7. The number of rotatable bonds is 4. The van der Waals surface area contributed by atoms with Crippen LogP contribution in [-0.2, 0) is 4.79 Å². The number of hydrazine groups is 1. The van der Waals surface area contributed by atoms with Crippen LogP contribution in [0.4, 0.5) is 0 Å². The molecular weight excluding hydrogens is 308 g/mol. The predicted octanol–water partition coefficient (Wildman–Crippen LogP) is 1.45. The van der Waals surface area contributed by atoms with E-state index in [2.05, 4.69) is 31.8 Å². The molecule has 0 saturated heterocycles. The zero-order chi connectivity index (χ0) is 13.8. The van der Waals surface area contributed by atoms with Gasteiger partial charge >= 0.3 is 0 Å². The van der Waals surface area contributed by atoms with E-state index < -0.39 is 0 Å². The molecule has 0 bridgehead atoms. The summed E-state index contributed by atoms with van der Waals surface area (Å²) in [4.78, 5) is 15.4. The van der Waals surface area contributed by atoms with Crippen molar-refractivity contribution >= 4 is 28.1 Å². The van der Waals surface area contributed by atoms with Crippen molar-refractivity contribution in [1.29, 1.82) is 0 Å². The van der Waals surface area contributed by atoms with Crippen molar-refractivity contribution in [1.82, 2.24) is 10.9 Å². The Kier molecular flexibility index (Phi) is 4.34. The monoisotopic (exact) mass is 322 g/mol. The fourth-order valence-electron chi connectivity index (χ4n) is 1.72. The summed E-state index contributed by atoms with van der Waals surface area (Å²) in [5.74, 6) is 0.599. The average molecular weight is 323 g/mol. The van der Waals surface area contributed by atoms with Crippen molar-refractivity contribution in [3.8, 4) is 0 Å². The van der Waals surface area contributed by atoms with Crippen molar-refractivity contribution in [2.45, 2.75) is 19.4 Å². The first-order valence-electron chi connectivity index (χ1n) is 5.97. The summed E-state index contributed by atoms with van der Waals surface area (Å²) in [6.45, 7) is 1.95. The van der Waals surface area contributed by atoms with Crippen LogP contribution in [0.5, 0.6) is 0 Å². The highest BCUT2D eigenvalue weighted by molar-refractivity contribution is 9.10. The van der Waals surface area contributed by atoms with Gasteiger partial charge in [0, 0.05) is 16.1 Å². The molecule has 19 heavy (non-hydrogen) atoms. The second kappa shape index (κ2) is 5.99. The highest BCUT2D eigenvalue weighted by atomic mass is 79.9. The minimum Gasteiger partial charge on any atom is -0.323 e. The van der Waals surface area contributed by atoms with Crippen LogP contribution >= 0.6 is 15.9 Å². The van der Waals surface area contributed by atoms with Gasteiger partial charge in [0.05, 0.1) is 5.70 Å². The second-order valence-electron chi connectivity index (χ2n) is 4.15. The van der Waals surface area contributed by atoms with Gasteiger partial charge in [-0.15, -0.1) is 0 Å². The fourth-order valence-corrected chi connectivity index (χ4v) is 1.98. The molecule has 1 aliphatic heterocycles. The number of benzene rings is 1. The summed E-state index contributed by atoms with van der Waals surface area (Å²) < 4.78 is 0.987. The highest BCUT2D eigenvalue weighted by Gasteiger charge is 2.19. The lowest BCUT2D eigenvalue weighted by atomic mass is 10.1. The first kappa shape index (κ1) is 13.8. The smallest absolute Gasteiger partial charge is 0.170 e. The van der Waals surface area contributed by atoms with Gasteiger partial charge < -0.3 is 5.73 Å². The van der Waals surface area contributed by atoms with Crippen LogP contribution in [-0.4, -0.2) is 18.2 Å². The van der Waals surface area contributed by atoms with Crippen molar-refractivity contribution < 1.29 is 4.79 Å². The van der Waals surface area contributed by atoms with E-state index >= 15 is 0 Å². The van der Waals surface area contributed by atoms with Crippen LogP contribution < -0.4 is 16.6 Å². The van der Waals surface area contributed by atoms with Gasteiger partial charge in [0.25, 0.3) is 0 Å². The maximum Gasteiger partial charge on any atom is 0.170 e. The Morgan fingerprint density at radius 3 is 2.63 bits per heavy atom. The number of nitrogens with zero attached hydrogens (tertiary/aromatic N) is 1. The second-order valence-corrected chi connectivity index (χ2v) is 5.06. The number of allylic oxidation sites excluding steroid dienone is 1. The molecule has 2 rings (SSSR count). The summed E-state index contributed by atoms with van der Waals surface area (Å²) in [6, 6.07) is 7.41. The molecule has 0 aromatic heterocycles. The lowest BCUT2D eigenvalue weighted by Crippen LogP contribution is -2.46. The van der Waals surface area contributed by atoms with Crippen LogP contribution in [0, 0.1) is 0 Å². The summed E-state index contributed by atoms with van der Waals surface area (Å²) >= 11 is 3.38. The molecule has 1 aromatic carbocycles. The maximum absolute atomic E-state index is 11.1. The van der Waals surface area contributed by atoms with Gasteiger partial charge in [0.1, 0.15) is 5.70 Å². The minimum absolute atomic E-state index is 0.233. The van der Waals surface area contributed by atoms with E-state index in [0.717, 1.165) is 22.7 Å². The van der Waals surface area contributed by atoms with E-state index in [4.69, 9.17) is 5.73 Å². The van der Waals surface area contributed by atoms with E-state index in [9.17, 15) is 4.79 Å². The largest absolute Gasteiger partial charge is 0.323 e. The Hall–Kier alpha value is -1.66. The van der Waals surface area contributed by atoms with Gasteiger partial charge in [-0.3, -0.25) is 15.6 Å². The minimum atomic E-state index is -0.233. The van der Waals surface area contributed by atoms with Crippen LogP contribution in [0.25, 0.3) is 0 Å². The normalized spacial score (nSPS) is 16.3. The zero-order valence-corrected chi connectivity index (χ0v) is 12.1. The van der Waals surface area contributed by atoms with Crippen LogP contribution in [0.2, 0.25) is 0 Å². The number of hydrogen-bond acceptors (Lipinski definition) is 5. The van der Waals surface area contributed by atoms with E-state index in [-0.39, 0.29) is 6.04 Å². The summed E-state index contributed by atoms with van der Waals surface area (Å²) in [5, 5.41) is 0. The van der Waals surface area contributed by atoms with Gasteiger partial charge in [-0.05, 0) is 18.6 Å². The lowest BCUT2D eigenvalue weighted by Gasteiger charge is -2.24. The average Bonchev–Trinajstić information content (AvgIpc) is 2.46. The molecule has 0 radical (unpaired) electrons. The SMILES string of the molecule is CCC(N)C1=C(C=O)N=C(c2ccc(Br)cc2)NN1. The third-order valence-corrected chi connectivity index (χ3v) is 3.39. The molecule has 0 fully saturated rings. The lowest BCUT2D eigenvalue weighted by molar-refractivity contribution is -0.105. The van der Waals surface area contributed by atoms with Gasteiger partial charge in [-0.25, -0.2) is 4.99 Å². The zero-order valence-electron chi connectivity index (χ0n) is 10.5. The van der Waals surface area contributed by atoms with Crippen molar-refractivity contribution in [2.75, 3.05) is 0 Å². The Balaban J connectivity index is 2.35. The Morgan fingerprint density at radius 1 is 1.37 bits per heavy atom. The molecule has 6 heteroatoms. The molecule has 0 aliphatic carbocycles. The number of nitrogens with two attached hydrogens (primary N) is 1. The van der Waals surface area contributed by atoms with Crippen molar-refractivity contribution in [3.05, 3.63) is 45.7 Å². The Labute approximate surface area is 120 Å². The van der Waals surface area contributed by atoms with E-state index in [1.54, 1.807) is 0 Å². The molecule has 0 saturated carbocycles. The van der Waals surface area contributed by atoms with Crippen LogP contribution in [0.15, 0.2) is 45.1 Å². The van der Waals surface area contributed by atoms with Crippen molar-refractivity contribution in [3.63, 3.8) is 0 Å². The number of hydrogen-bond donors (Lipinski definition) is 3. The topological polar surface area (TPSA) is 79.5 Å². The van der Waals surface area contributed by atoms with Gasteiger partial charge in [-0.1, -0.05) is 35.0 Å². The van der Waals surface area contributed by atoms with Gasteiger partial charge in [0.15, 0.2) is 12.1 Å². The number of amidine groups is 1. The number of halogens is 1. The predicted molar refractivity (Wildman–Crippen MR) is 78.3 cm³/mol. The molecule has 1 aromatic rings. The van der Waals surface area contributed by atoms with Crippen molar-refractivity contribution in [2.24, 2.45) is 10.7 Å². The van der Waals surface area contributed by atoms with Crippen LogP contribution in [0.1, 0.15) is 18.9 Å². The standard InChI is InChI=1S/C13H15BrN4O/c1-2-10(15)12-11(7-19)16-13(18-17-12)8-3-5-9(14)6-4-8/h3-7,10,17H,2,15H2,1H3,(H,16,18). The molecular formula is C13H15BrN4O. The first-order valence-corrected chi connectivity index (χ1v) is 6.76. The van der Waals surface area contributed by atoms with E-state index in [1.165, 1.54) is 0 Å². The fraction of sp³-hybridized carbons (Fsp3) is 0.231. The summed E-state index contributed by atoms with van der Waals surface area (Å²) in [7, 11) is 0. The number of aliphatic imine (C=N–C) groups is 1. The number of carbonyl (C=O) groups is 1.